The summed E-state index contributed by atoms with van der Waals surface area (Å²) in [6, 6.07) is 0. The fraction of sp³-hybridized carbons (Fsp3) is 0.889. The van der Waals surface area contributed by atoms with Gasteiger partial charge in [0.15, 0.2) is 5.78 Å². The molecule has 2 N–H and O–H groups in total. The molecule has 73 heavy (non-hydrogen) atoms. The second-order valence-electron chi connectivity index (χ2n) is 20.7. The van der Waals surface area contributed by atoms with Crippen LogP contribution in [0.5, 0.6) is 0 Å². The van der Waals surface area contributed by atoms with E-state index in [2.05, 4.69) is 101 Å². The molecule has 19 heteroatoms. The van der Waals surface area contributed by atoms with Gasteiger partial charge in [0.1, 0.15) is 28.9 Å². The highest BCUT2D eigenvalue weighted by Crippen LogP contribution is 2.04. The van der Waals surface area contributed by atoms with Crippen molar-refractivity contribution in [2.45, 2.75) is 74.1 Å². The van der Waals surface area contributed by atoms with Gasteiger partial charge in [-0.2, -0.15) is 0 Å². The molecule has 6 heterocycles. The van der Waals surface area contributed by atoms with E-state index in [1.54, 1.807) is 0 Å². The van der Waals surface area contributed by atoms with Gasteiger partial charge in [0.25, 0.3) is 0 Å². The number of nitrogens with two attached hydrogens (primary N) is 1. The van der Waals surface area contributed by atoms with Crippen molar-refractivity contribution in [3.05, 3.63) is 0 Å². The molecule has 0 aromatic rings. The van der Waals surface area contributed by atoms with E-state index in [0.717, 1.165) is 157 Å². The van der Waals surface area contributed by atoms with Crippen LogP contribution in [0, 0.1) is 0 Å². The number of hydrogen-bond donors (Lipinski definition) is 1. The summed E-state index contributed by atoms with van der Waals surface area (Å²) in [4.78, 5) is 93.6. The Bertz CT molecular complexity index is 1190. The van der Waals surface area contributed by atoms with Crippen molar-refractivity contribution in [3.63, 3.8) is 0 Å². The lowest BCUT2D eigenvalue weighted by molar-refractivity contribution is -0.121. The van der Waals surface area contributed by atoms with Gasteiger partial charge in [-0.15, -0.1) is 0 Å². The van der Waals surface area contributed by atoms with Crippen LogP contribution in [0.25, 0.3) is 0 Å². The fourth-order valence-electron chi connectivity index (χ4n) is 8.16. The van der Waals surface area contributed by atoms with Crippen molar-refractivity contribution in [3.8, 4) is 0 Å². The Hall–Kier alpha value is -2.50. The van der Waals surface area contributed by atoms with Crippen molar-refractivity contribution in [2.24, 2.45) is 5.73 Å². The molecule has 0 spiro atoms. The van der Waals surface area contributed by atoms with Gasteiger partial charge >= 0.3 is 0 Å². The molecule has 0 atom stereocenters. The van der Waals surface area contributed by atoms with E-state index in [-0.39, 0.29) is 19.8 Å². The lowest BCUT2D eigenvalue weighted by atomic mass is 10.2. The Labute approximate surface area is 446 Å². The first kappa shape index (κ1) is 70.5. The third kappa shape index (κ3) is 36.2. The third-order valence-electron chi connectivity index (χ3n) is 14.2. The molecule has 6 aliphatic heterocycles. The quantitative estimate of drug-likeness (QED) is 0.201. The Morgan fingerprint density at radius 2 is 0.384 bits per heavy atom. The van der Waals surface area contributed by atoms with Crippen LogP contribution in [-0.4, -0.2) is 339 Å². The Morgan fingerprint density at radius 1 is 0.260 bits per heavy atom. The first-order valence-electron chi connectivity index (χ1n) is 27.6. The molecule has 6 aliphatic rings. The van der Waals surface area contributed by atoms with Crippen LogP contribution in [0.15, 0.2) is 0 Å². The Morgan fingerprint density at radius 3 is 0.493 bits per heavy atom. The molecule has 19 nitrogen and oxygen atoms in total. The fourth-order valence-corrected chi connectivity index (χ4v) is 8.16. The van der Waals surface area contributed by atoms with Gasteiger partial charge in [0.2, 0.25) is 0 Å². The number of ketones is 6. The average molecular weight is 1040 g/mol. The van der Waals surface area contributed by atoms with E-state index >= 15 is 0 Å². The van der Waals surface area contributed by atoms with Crippen molar-refractivity contribution < 1.29 is 28.8 Å². The monoisotopic (exact) mass is 1040 g/mol. The second-order valence-corrected chi connectivity index (χ2v) is 20.7. The van der Waals surface area contributed by atoms with E-state index in [0.29, 0.717) is 100 Å². The van der Waals surface area contributed by atoms with Crippen LogP contribution in [0.2, 0.25) is 0 Å². The molecule has 0 aliphatic carbocycles. The van der Waals surface area contributed by atoms with Gasteiger partial charge in [0.05, 0.1) is 45.8 Å². The normalized spacial score (nSPS) is 20.9. The summed E-state index contributed by atoms with van der Waals surface area (Å²) in [5, 5.41) is 0. The molecule has 0 bridgehead atoms. The van der Waals surface area contributed by atoms with Crippen LogP contribution in [0.4, 0.5) is 0 Å². The smallest absolute Gasteiger partial charge is 0.160 e. The SMILES string of the molecule is C.CCC(=O)CN1CCN(C)CC1.CCC(=O)CN1CCN(C)CC1.CCC(=O)CN1CCN(C)CC1.CCC(=O)CN1CCN(C)CC1.CCC(=O)CN1CCN(C)CC1.CN1CCN(CC(=O)CN)CC1. The molecule has 0 aromatic carbocycles. The highest BCUT2D eigenvalue weighted by molar-refractivity contribution is 5.82. The van der Waals surface area contributed by atoms with E-state index in [1.807, 2.05) is 34.6 Å². The molecule has 0 amide bonds. The summed E-state index contributed by atoms with van der Waals surface area (Å²) in [5.41, 5.74) is 5.23. The first-order chi connectivity index (χ1) is 34.3. The van der Waals surface area contributed by atoms with Crippen LogP contribution >= 0.6 is 0 Å². The number of hydrogen-bond acceptors (Lipinski definition) is 19. The van der Waals surface area contributed by atoms with Crippen LogP contribution in [0.1, 0.15) is 74.1 Å². The first-order valence-corrected chi connectivity index (χ1v) is 27.6. The number of piperazine rings is 6. The minimum absolute atomic E-state index is 0. The minimum Gasteiger partial charge on any atom is -0.324 e. The van der Waals surface area contributed by atoms with Crippen molar-refractivity contribution in [1.29, 1.82) is 0 Å². The lowest BCUT2D eigenvalue weighted by Gasteiger charge is -2.31. The highest BCUT2D eigenvalue weighted by atomic mass is 16.1. The van der Waals surface area contributed by atoms with Gasteiger partial charge < -0.3 is 35.1 Å². The standard InChI is InChI=1S/5C9H18N2O.C8H17N3O.CH4/c5*1-3-9(12)8-11-6-4-10(2)5-7-11;1-10-2-4-11(5-3-10)7-8(12)6-9;/h5*3-8H2,1-2H3;2-7,9H2,1H3;1H4. The van der Waals surface area contributed by atoms with Crippen LogP contribution in [0.3, 0.4) is 0 Å². The number of rotatable bonds is 18. The molecule has 428 valence electrons. The predicted octanol–water partition coefficient (Wildman–Crippen LogP) is 0.462. The lowest BCUT2D eigenvalue weighted by Crippen LogP contribution is -2.46. The summed E-state index contributed by atoms with van der Waals surface area (Å²) in [6.45, 7) is 39.1. The summed E-state index contributed by atoms with van der Waals surface area (Å²) in [7, 11) is 12.7. The Kier molecular flexibility index (Phi) is 41.1. The largest absolute Gasteiger partial charge is 0.324 e. The zero-order valence-corrected chi connectivity index (χ0v) is 47.8. The molecule has 0 radical (unpaired) electrons. The Balaban J connectivity index is 0.000000850. The molecule has 6 rings (SSSR count). The zero-order chi connectivity index (χ0) is 53.8. The summed E-state index contributed by atoms with van der Waals surface area (Å²) >= 11 is 0. The average Bonchev–Trinajstić information content (AvgIpc) is 3.38. The maximum atomic E-state index is 11.1. The van der Waals surface area contributed by atoms with Crippen LogP contribution in [-0.2, 0) is 28.8 Å². The number of likely N-dealkylation sites (N-methyl/N-ethyl adjacent to an activating group) is 6. The van der Waals surface area contributed by atoms with Crippen LogP contribution < -0.4 is 5.73 Å². The molecule has 0 aromatic heterocycles. The van der Waals surface area contributed by atoms with Crippen molar-refractivity contribution in [1.82, 2.24) is 58.8 Å². The maximum absolute atomic E-state index is 11.1. The van der Waals surface area contributed by atoms with E-state index < -0.39 is 0 Å². The molecule has 6 fully saturated rings. The molecule has 0 unspecified atom stereocenters. The van der Waals surface area contributed by atoms with E-state index in [1.165, 1.54) is 0 Å². The molecular formula is C54H111N13O6. The van der Waals surface area contributed by atoms with Crippen molar-refractivity contribution in [2.75, 3.05) is 245 Å². The maximum Gasteiger partial charge on any atom is 0.160 e. The molecule has 0 saturated carbocycles. The molecular weight excluding hydrogens is 927 g/mol. The number of nitrogens with zero attached hydrogens (tertiary/aromatic N) is 12. The number of Topliss-reactive ketones (excluding diaryl/α,β-unsaturated/α-hetero) is 6. The van der Waals surface area contributed by atoms with Gasteiger partial charge in [0, 0.05) is 189 Å². The minimum atomic E-state index is 0. The van der Waals surface area contributed by atoms with Gasteiger partial charge in [-0.1, -0.05) is 42.0 Å². The third-order valence-corrected chi connectivity index (χ3v) is 14.2. The summed E-state index contributed by atoms with van der Waals surface area (Å²) < 4.78 is 0. The van der Waals surface area contributed by atoms with Crippen molar-refractivity contribution >= 4 is 34.7 Å². The second kappa shape index (κ2) is 42.6. The highest BCUT2D eigenvalue weighted by Gasteiger charge is 2.20. The zero-order valence-electron chi connectivity index (χ0n) is 47.8. The predicted molar refractivity (Wildman–Crippen MR) is 301 cm³/mol. The number of carbonyl (C=O) groups excluding carboxylic acids is 6. The van der Waals surface area contributed by atoms with Gasteiger partial charge in [-0.25, -0.2) is 0 Å². The van der Waals surface area contributed by atoms with Gasteiger partial charge in [-0.3, -0.25) is 58.2 Å². The number of carbonyl (C=O) groups is 6. The summed E-state index contributed by atoms with van der Waals surface area (Å²) in [5.74, 6) is 1.94. The topological polar surface area (TPSA) is 167 Å². The van der Waals surface area contributed by atoms with Gasteiger partial charge in [-0.05, 0) is 42.3 Å². The van der Waals surface area contributed by atoms with E-state index in [9.17, 15) is 28.8 Å². The molecule has 6 saturated heterocycles. The summed E-state index contributed by atoms with van der Waals surface area (Å²) in [6.07, 6.45) is 3.36. The van der Waals surface area contributed by atoms with E-state index in [4.69, 9.17) is 5.73 Å².